The molecule has 0 saturated carbocycles. The van der Waals surface area contributed by atoms with Crippen molar-refractivity contribution >= 4 is 27.8 Å². The van der Waals surface area contributed by atoms with Gasteiger partial charge in [-0.05, 0) is 6.92 Å². The number of anilines is 1. The molecule has 68 valence electrons. The van der Waals surface area contributed by atoms with Crippen LogP contribution in [-0.2, 0) is 6.54 Å². The highest BCUT2D eigenvalue weighted by molar-refractivity contribution is 7.13. The summed E-state index contributed by atoms with van der Waals surface area (Å²) < 4.78 is 0. The van der Waals surface area contributed by atoms with Crippen LogP contribution in [0.2, 0.25) is 0 Å². The van der Waals surface area contributed by atoms with Gasteiger partial charge in [0.2, 0.25) is 0 Å². The molecule has 1 N–H and O–H groups in total. The molecule has 0 spiro atoms. The Labute approximate surface area is 84.5 Å². The molecule has 13 heavy (non-hydrogen) atoms. The first-order valence-corrected chi connectivity index (χ1v) is 5.70. The Kier molecular flexibility index (Phi) is 2.56. The zero-order valence-electron chi connectivity index (χ0n) is 7.15. The average Bonchev–Trinajstić information content (AvgIpc) is 2.71. The fourth-order valence-corrected chi connectivity index (χ4v) is 2.17. The predicted molar refractivity (Wildman–Crippen MR) is 56.3 cm³/mol. The Balaban J connectivity index is 1.93. The highest BCUT2D eigenvalue weighted by atomic mass is 32.1. The van der Waals surface area contributed by atoms with Gasteiger partial charge in [0.1, 0.15) is 0 Å². The highest BCUT2D eigenvalue weighted by Crippen LogP contribution is 2.15. The van der Waals surface area contributed by atoms with Gasteiger partial charge in [-0.1, -0.05) is 0 Å². The van der Waals surface area contributed by atoms with Gasteiger partial charge in [-0.25, -0.2) is 9.97 Å². The molecule has 0 bridgehead atoms. The molecule has 0 radical (unpaired) electrons. The topological polar surface area (TPSA) is 37.8 Å². The maximum Gasteiger partial charge on any atom is 0.183 e. The van der Waals surface area contributed by atoms with Gasteiger partial charge in [0.05, 0.1) is 23.4 Å². The van der Waals surface area contributed by atoms with E-state index in [1.807, 2.05) is 23.2 Å². The molecule has 0 fully saturated rings. The summed E-state index contributed by atoms with van der Waals surface area (Å²) >= 11 is 3.24. The highest BCUT2D eigenvalue weighted by Gasteiger charge is 1.98. The molecule has 2 aromatic rings. The number of thiazole rings is 2. The maximum atomic E-state index is 4.29. The number of aromatic nitrogens is 2. The Morgan fingerprint density at radius 2 is 2.38 bits per heavy atom. The molecule has 0 saturated heterocycles. The van der Waals surface area contributed by atoms with Crippen LogP contribution in [-0.4, -0.2) is 9.97 Å². The number of nitrogens with one attached hydrogen (secondary N) is 1. The van der Waals surface area contributed by atoms with Crippen LogP contribution in [0.1, 0.15) is 11.4 Å². The minimum Gasteiger partial charge on any atom is -0.356 e. The van der Waals surface area contributed by atoms with Crippen molar-refractivity contribution in [3.8, 4) is 0 Å². The molecular weight excluding hydrogens is 202 g/mol. The van der Waals surface area contributed by atoms with Crippen molar-refractivity contribution in [1.29, 1.82) is 0 Å². The van der Waals surface area contributed by atoms with Crippen molar-refractivity contribution in [3.05, 3.63) is 27.7 Å². The molecule has 0 aromatic carbocycles. The normalized spacial score (nSPS) is 10.2. The second-order valence-electron chi connectivity index (χ2n) is 2.63. The van der Waals surface area contributed by atoms with Crippen molar-refractivity contribution in [2.45, 2.75) is 13.5 Å². The second kappa shape index (κ2) is 3.85. The Hall–Kier alpha value is -0.940. The largest absolute Gasteiger partial charge is 0.356 e. The first-order valence-electron chi connectivity index (χ1n) is 3.87. The Bertz CT molecular complexity index is 366. The van der Waals surface area contributed by atoms with Crippen LogP contribution in [0.15, 0.2) is 16.3 Å². The van der Waals surface area contributed by atoms with E-state index in [1.165, 1.54) is 0 Å². The predicted octanol–water partition coefficient (Wildman–Crippen LogP) is 2.52. The summed E-state index contributed by atoms with van der Waals surface area (Å²) in [6.45, 7) is 2.75. The van der Waals surface area contributed by atoms with Crippen LogP contribution in [0.4, 0.5) is 5.13 Å². The lowest BCUT2D eigenvalue weighted by atomic mass is 10.5. The first-order chi connectivity index (χ1) is 6.34. The quantitative estimate of drug-likeness (QED) is 0.847. The van der Waals surface area contributed by atoms with E-state index in [4.69, 9.17) is 0 Å². The summed E-state index contributed by atoms with van der Waals surface area (Å²) in [7, 11) is 0. The summed E-state index contributed by atoms with van der Waals surface area (Å²) in [5.74, 6) is 0. The lowest BCUT2D eigenvalue weighted by Gasteiger charge is -1.97. The molecule has 0 atom stereocenters. The second-order valence-corrected chi connectivity index (χ2v) is 4.20. The zero-order valence-corrected chi connectivity index (χ0v) is 8.78. The minimum absolute atomic E-state index is 0.760. The van der Waals surface area contributed by atoms with Gasteiger partial charge in [-0.2, -0.15) is 0 Å². The molecular formula is C8H9N3S2. The van der Waals surface area contributed by atoms with Crippen molar-refractivity contribution < 1.29 is 0 Å². The summed E-state index contributed by atoms with van der Waals surface area (Å²) in [6, 6.07) is 0. The van der Waals surface area contributed by atoms with Crippen LogP contribution < -0.4 is 5.32 Å². The molecule has 2 heterocycles. The van der Waals surface area contributed by atoms with Crippen LogP contribution in [0.25, 0.3) is 0 Å². The average molecular weight is 211 g/mol. The van der Waals surface area contributed by atoms with Gasteiger partial charge in [-0.15, -0.1) is 22.7 Å². The van der Waals surface area contributed by atoms with Crippen LogP contribution in [0.3, 0.4) is 0 Å². The third kappa shape index (κ3) is 2.26. The molecule has 5 heteroatoms. The number of nitrogens with zero attached hydrogens (tertiary/aromatic N) is 2. The smallest absolute Gasteiger partial charge is 0.183 e. The molecule has 0 aliphatic heterocycles. The standard InChI is InChI=1S/C8H9N3S2/c1-6-3-13-8(11-6)9-2-7-4-12-5-10-7/h3-5H,2H2,1H3,(H,9,11). The van der Waals surface area contributed by atoms with Gasteiger partial charge in [0, 0.05) is 10.8 Å². The van der Waals surface area contributed by atoms with E-state index in [9.17, 15) is 0 Å². The van der Waals surface area contributed by atoms with Gasteiger partial charge < -0.3 is 5.32 Å². The van der Waals surface area contributed by atoms with Crippen LogP contribution in [0.5, 0.6) is 0 Å². The first kappa shape index (κ1) is 8.65. The molecule has 0 aliphatic rings. The van der Waals surface area contributed by atoms with E-state index >= 15 is 0 Å². The van der Waals surface area contributed by atoms with Gasteiger partial charge in [0.25, 0.3) is 0 Å². The Morgan fingerprint density at radius 3 is 3.00 bits per heavy atom. The van der Waals surface area contributed by atoms with E-state index in [2.05, 4.69) is 15.3 Å². The van der Waals surface area contributed by atoms with E-state index in [-0.39, 0.29) is 0 Å². The van der Waals surface area contributed by atoms with Gasteiger partial charge >= 0.3 is 0 Å². The lowest BCUT2D eigenvalue weighted by Crippen LogP contribution is -1.98. The van der Waals surface area contributed by atoms with Gasteiger partial charge in [0.15, 0.2) is 5.13 Å². The third-order valence-corrected chi connectivity index (χ3v) is 3.08. The van der Waals surface area contributed by atoms with E-state index in [1.54, 1.807) is 22.7 Å². The van der Waals surface area contributed by atoms with Crippen LogP contribution >= 0.6 is 22.7 Å². The molecule has 2 aromatic heterocycles. The van der Waals surface area contributed by atoms with Crippen molar-refractivity contribution in [2.75, 3.05) is 5.32 Å². The van der Waals surface area contributed by atoms with E-state index < -0.39 is 0 Å². The lowest BCUT2D eigenvalue weighted by molar-refractivity contribution is 1.06. The summed E-state index contributed by atoms with van der Waals surface area (Å²) in [5.41, 5.74) is 3.97. The van der Waals surface area contributed by atoms with E-state index in [0.29, 0.717) is 0 Å². The summed E-state index contributed by atoms with van der Waals surface area (Å²) in [5, 5.41) is 8.25. The number of aryl methyl sites for hydroxylation is 1. The molecule has 3 nitrogen and oxygen atoms in total. The fourth-order valence-electron chi connectivity index (χ4n) is 0.926. The molecule has 0 aliphatic carbocycles. The van der Waals surface area contributed by atoms with Crippen molar-refractivity contribution in [2.24, 2.45) is 0 Å². The fraction of sp³-hybridized carbons (Fsp3) is 0.250. The number of hydrogen-bond acceptors (Lipinski definition) is 5. The molecule has 0 amide bonds. The number of hydrogen-bond donors (Lipinski definition) is 1. The van der Waals surface area contributed by atoms with Crippen molar-refractivity contribution in [1.82, 2.24) is 9.97 Å². The zero-order chi connectivity index (χ0) is 9.10. The van der Waals surface area contributed by atoms with Gasteiger partial charge in [-0.3, -0.25) is 0 Å². The molecule has 2 rings (SSSR count). The molecule has 0 unspecified atom stereocenters. The van der Waals surface area contributed by atoms with E-state index in [0.717, 1.165) is 23.1 Å². The summed E-state index contributed by atoms with van der Waals surface area (Å²) in [6.07, 6.45) is 0. The monoisotopic (exact) mass is 211 g/mol. The Morgan fingerprint density at radius 1 is 1.46 bits per heavy atom. The summed E-state index contributed by atoms with van der Waals surface area (Å²) in [4.78, 5) is 8.46. The maximum absolute atomic E-state index is 4.29. The number of rotatable bonds is 3. The minimum atomic E-state index is 0.760. The van der Waals surface area contributed by atoms with Crippen molar-refractivity contribution in [3.63, 3.8) is 0 Å². The third-order valence-electron chi connectivity index (χ3n) is 1.52. The van der Waals surface area contributed by atoms with Crippen LogP contribution in [0, 0.1) is 6.92 Å². The SMILES string of the molecule is Cc1csc(NCc2cscn2)n1.